The first kappa shape index (κ1) is 20.4. The van der Waals surface area contributed by atoms with Crippen molar-refractivity contribution < 1.29 is 4.42 Å². The molecule has 0 saturated heterocycles. The summed E-state index contributed by atoms with van der Waals surface area (Å²) in [5, 5.41) is 2.02. The van der Waals surface area contributed by atoms with Gasteiger partial charge in [0.05, 0.1) is 10.6 Å². The van der Waals surface area contributed by atoms with E-state index in [2.05, 4.69) is 30.8 Å². The number of oxazole rings is 1. The molecule has 2 heterocycles. The van der Waals surface area contributed by atoms with Gasteiger partial charge in [0.25, 0.3) is 0 Å². The van der Waals surface area contributed by atoms with Crippen LogP contribution in [0, 0.1) is 5.41 Å². The Balaban J connectivity index is 0.00000200. The standard InChI is InChI=1S/C14H21N3OS.2ClH/c1-14(2,9-15)10-17(3)7-11-8-18-13(16-11)12-5-4-6-19-12;;/h4-6,8H,7,9-10,15H2,1-3H3;2*1H. The molecule has 0 amide bonds. The Bertz CT molecular complexity index is 514. The van der Waals surface area contributed by atoms with Crippen LogP contribution in [0.25, 0.3) is 10.8 Å². The second-order valence-electron chi connectivity index (χ2n) is 5.66. The Hall–Kier alpha value is -0.590. The van der Waals surface area contributed by atoms with E-state index in [1.165, 1.54) is 0 Å². The van der Waals surface area contributed by atoms with Crippen LogP contribution in [0.5, 0.6) is 0 Å². The maximum atomic E-state index is 5.76. The minimum absolute atomic E-state index is 0. The van der Waals surface area contributed by atoms with Crippen molar-refractivity contribution in [3.8, 4) is 10.8 Å². The molecule has 0 aromatic carbocycles. The monoisotopic (exact) mass is 351 g/mol. The zero-order valence-electron chi connectivity index (χ0n) is 12.5. The number of rotatable bonds is 6. The molecule has 0 radical (unpaired) electrons. The Labute approximate surface area is 142 Å². The van der Waals surface area contributed by atoms with E-state index in [0.717, 1.165) is 23.7 Å². The molecule has 0 aliphatic heterocycles. The Kier molecular flexibility index (Phi) is 8.51. The van der Waals surface area contributed by atoms with Gasteiger partial charge in [-0.3, -0.25) is 4.90 Å². The van der Waals surface area contributed by atoms with Crippen LogP contribution < -0.4 is 5.73 Å². The van der Waals surface area contributed by atoms with Crippen LogP contribution in [0.2, 0.25) is 0 Å². The van der Waals surface area contributed by atoms with Crippen molar-refractivity contribution in [1.29, 1.82) is 0 Å². The van der Waals surface area contributed by atoms with Crippen LogP contribution in [0.4, 0.5) is 0 Å². The molecule has 0 fully saturated rings. The number of nitrogens with two attached hydrogens (primary N) is 1. The number of halogens is 2. The summed E-state index contributed by atoms with van der Waals surface area (Å²) in [4.78, 5) is 7.81. The maximum absolute atomic E-state index is 5.76. The second kappa shape index (κ2) is 8.76. The summed E-state index contributed by atoms with van der Waals surface area (Å²) in [7, 11) is 2.08. The van der Waals surface area contributed by atoms with Crippen molar-refractivity contribution in [3.05, 3.63) is 29.5 Å². The lowest BCUT2D eigenvalue weighted by Gasteiger charge is -2.28. The molecule has 2 aromatic heterocycles. The Morgan fingerprint density at radius 3 is 2.67 bits per heavy atom. The molecule has 21 heavy (non-hydrogen) atoms. The Morgan fingerprint density at radius 1 is 1.38 bits per heavy atom. The third-order valence-electron chi connectivity index (χ3n) is 2.97. The van der Waals surface area contributed by atoms with Crippen LogP contribution in [-0.2, 0) is 6.54 Å². The summed E-state index contributed by atoms with van der Waals surface area (Å²) in [6, 6.07) is 4.02. The quantitative estimate of drug-likeness (QED) is 0.862. The predicted molar refractivity (Wildman–Crippen MR) is 93.5 cm³/mol. The molecule has 120 valence electrons. The number of hydrogen-bond acceptors (Lipinski definition) is 5. The molecule has 7 heteroatoms. The molecule has 4 nitrogen and oxygen atoms in total. The molecule has 0 unspecified atom stereocenters. The largest absolute Gasteiger partial charge is 0.444 e. The smallest absolute Gasteiger partial charge is 0.236 e. The van der Waals surface area contributed by atoms with Crippen molar-refractivity contribution in [2.24, 2.45) is 11.1 Å². The van der Waals surface area contributed by atoms with Gasteiger partial charge in [0.1, 0.15) is 6.26 Å². The van der Waals surface area contributed by atoms with E-state index < -0.39 is 0 Å². The van der Waals surface area contributed by atoms with Gasteiger partial charge in [-0.25, -0.2) is 4.98 Å². The van der Waals surface area contributed by atoms with E-state index in [-0.39, 0.29) is 30.2 Å². The van der Waals surface area contributed by atoms with Gasteiger partial charge >= 0.3 is 0 Å². The third-order valence-corrected chi connectivity index (χ3v) is 3.82. The van der Waals surface area contributed by atoms with Crippen LogP contribution in [0.1, 0.15) is 19.5 Å². The molecule has 0 saturated carbocycles. The van der Waals surface area contributed by atoms with Gasteiger partial charge in [0.15, 0.2) is 0 Å². The lowest BCUT2D eigenvalue weighted by molar-refractivity contribution is 0.208. The summed E-state index contributed by atoms with van der Waals surface area (Å²) >= 11 is 1.64. The van der Waals surface area contributed by atoms with Gasteiger partial charge < -0.3 is 10.2 Å². The number of nitrogens with zero attached hydrogens (tertiary/aromatic N) is 2. The first-order valence-electron chi connectivity index (χ1n) is 6.37. The van der Waals surface area contributed by atoms with Crippen molar-refractivity contribution in [2.45, 2.75) is 20.4 Å². The van der Waals surface area contributed by atoms with Crippen molar-refractivity contribution in [1.82, 2.24) is 9.88 Å². The predicted octanol–water partition coefficient (Wildman–Crippen LogP) is 3.66. The van der Waals surface area contributed by atoms with Gasteiger partial charge in [0.2, 0.25) is 5.89 Å². The van der Waals surface area contributed by atoms with Gasteiger partial charge in [-0.15, -0.1) is 36.2 Å². The summed E-state index contributed by atoms with van der Waals surface area (Å²) in [5.41, 5.74) is 6.83. The van der Waals surface area contributed by atoms with Crippen LogP contribution in [0.15, 0.2) is 28.2 Å². The van der Waals surface area contributed by atoms with Crippen LogP contribution in [-0.4, -0.2) is 30.0 Å². The highest BCUT2D eigenvalue weighted by atomic mass is 35.5. The van der Waals surface area contributed by atoms with Gasteiger partial charge in [0, 0.05) is 13.1 Å². The zero-order chi connectivity index (χ0) is 13.9. The molecule has 0 aliphatic rings. The van der Waals surface area contributed by atoms with E-state index in [1.807, 2.05) is 17.5 Å². The maximum Gasteiger partial charge on any atom is 0.236 e. The van der Waals surface area contributed by atoms with E-state index in [9.17, 15) is 0 Å². The van der Waals surface area contributed by atoms with Crippen molar-refractivity contribution in [3.63, 3.8) is 0 Å². The molecule has 2 rings (SSSR count). The fourth-order valence-corrected chi connectivity index (χ4v) is 2.68. The second-order valence-corrected chi connectivity index (χ2v) is 6.61. The summed E-state index contributed by atoms with van der Waals surface area (Å²) in [5.74, 6) is 0.705. The minimum Gasteiger partial charge on any atom is -0.444 e. The number of hydrogen-bond donors (Lipinski definition) is 1. The fourth-order valence-electron chi connectivity index (χ4n) is 2.02. The highest BCUT2D eigenvalue weighted by Gasteiger charge is 2.19. The fraction of sp³-hybridized carbons (Fsp3) is 0.500. The lowest BCUT2D eigenvalue weighted by Crippen LogP contribution is -2.36. The first-order chi connectivity index (χ1) is 9.00. The highest BCUT2D eigenvalue weighted by molar-refractivity contribution is 7.13. The molecule has 0 atom stereocenters. The summed E-state index contributed by atoms with van der Waals surface area (Å²) in [6.45, 7) is 6.73. The van der Waals surface area contributed by atoms with E-state index in [4.69, 9.17) is 10.2 Å². The topological polar surface area (TPSA) is 55.3 Å². The van der Waals surface area contributed by atoms with Crippen molar-refractivity contribution in [2.75, 3.05) is 20.1 Å². The molecule has 0 aliphatic carbocycles. The number of aromatic nitrogens is 1. The summed E-state index contributed by atoms with van der Waals surface area (Å²) in [6.07, 6.45) is 1.74. The third kappa shape index (κ3) is 5.96. The van der Waals surface area contributed by atoms with E-state index in [1.54, 1.807) is 17.6 Å². The SMILES string of the molecule is CN(Cc1coc(-c2cccs2)n1)CC(C)(C)CN.Cl.Cl. The molecule has 0 spiro atoms. The number of thiophene rings is 1. The van der Waals surface area contributed by atoms with Crippen LogP contribution >= 0.6 is 36.2 Å². The molecule has 2 aromatic rings. The average Bonchev–Trinajstić information content (AvgIpc) is 2.97. The Morgan fingerprint density at radius 2 is 2.10 bits per heavy atom. The van der Waals surface area contributed by atoms with Gasteiger partial charge in [-0.1, -0.05) is 19.9 Å². The van der Waals surface area contributed by atoms with Crippen molar-refractivity contribution >= 4 is 36.2 Å². The minimum atomic E-state index is 0. The lowest BCUT2D eigenvalue weighted by atomic mass is 9.93. The van der Waals surface area contributed by atoms with E-state index >= 15 is 0 Å². The zero-order valence-corrected chi connectivity index (χ0v) is 15.0. The molecular weight excluding hydrogens is 329 g/mol. The molecule has 2 N–H and O–H groups in total. The summed E-state index contributed by atoms with van der Waals surface area (Å²) < 4.78 is 5.51. The highest BCUT2D eigenvalue weighted by Crippen LogP contribution is 2.24. The molecular formula is C14H23Cl2N3OS. The van der Waals surface area contributed by atoms with Gasteiger partial charge in [-0.2, -0.15) is 0 Å². The normalized spacial score (nSPS) is 11.1. The average molecular weight is 352 g/mol. The first-order valence-corrected chi connectivity index (χ1v) is 7.25. The van der Waals surface area contributed by atoms with E-state index in [0.29, 0.717) is 12.4 Å². The van der Waals surface area contributed by atoms with Crippen LogP contribution in [0.3, 0.4) is 0 Å². The molecule has 0 bridgehead atoms. The van der Waals surface area contributed by atoms with Gasteiger partial charge in [-0.05, 0) is 30.5 Å².